The fraction of sp³-hybridized carbons (Fsp3) is 1.00. The normalized spacial score (nSPS) is 16.2. The molecule has 0 radical (unpaired) electrons. The Balaban J connectivity index is 3.80. The second-order valence-electron chi connectivity index (χ2n) is 3.57. The molecule has 0 aliphatic heterocycles. The summed E-state index contributed by atoms with van der Waals surface area (Å²) in [5, 5.41) is 0. The molecule has 0 aliphatic rings. The Morgan fingerprint density at radius 3 is 1.92 bits per heavy atom. The van der Waals surface area contributed by atoms with E-state index in [1.165, 1.54) is 0 Å². The van der Waals surface area contributed by atoms with E-state index in [-0.39, 0.29) is 0 Å². The van der Waals surface area contributed by atoms with Crippen LogP contribution in [0.1, 0.15) is 20.8 Å². The number of hydrogen-bond donors (Lipinski definition) is 1. The molecule has 0 aromatic heterocycles. The summed E-state index contributed by atoms with van der Waals surface area (Å²) < 4.78 is 40.3. The van der Waals surface area contributed by atoms with E-state index in [2.05, 4.69) is 0 Å². The van der Waals surface area contributed by atoms with Crippen molar-refractivity contribution in [2.45, 2.75) is 38.6 Å². The van der Waals surface area contributed by atoms with E-state index < -0.39 is 24.4 Å². The first-order valence-corrected chi connectivity index (χ1v) is 3.59. The van der Waals surface area contributed by atoms with Crippen molar-refractivity contribution in [3.63, 3.8) is 0 Å². The number of rotatable bonds is 2. The lowest BCUT2D eigenvalue weighted by Crippen LogP contribution is -2.43. The summed E-state index contributed by atoms with van der Waals surface area (Å²) in [7, 11) is 0. The van der Waals surface area contributed by atoms with Gasteiger partial charge in [0.05, 0.1) is 12.2 Å². The van der Waals surface area contributed by atoms with Gasteiger partial charge in [-0.15, -0.1) is 0 Å². The predicted octanol–water partition coefficient (Wildman–Crippen LogP) is 1.69. The summed E-state index contributed by atoms with van der Waals surface area (Å²) >= 11 is 0. The van der Waals surface area contributed by atoms with Crippen LogP contribution in [0.25, 0.3) is 0 Å². The Hall–Kier alpha value is -0.290. The first kappa shape index (κ1) is 11.7. The van der Waals surface area contributed by atoms with Crippen molar-refractivity contribution in [1.29, 1.82) is 0 Å². The van der Waals surface area contributed by atoms with E-state index in [1.54, 1.807) is 20.8 Å². The van der Waals surface area contributed by atoms with Gasteiger partial charge in [-0.3, -0.25) is 0 Å². The van der Waals surface area contributed by atoms with Gasteiger partial charge in [-0.05, 0) is 20.8 Å². The van der Waals surface area contributed by atoms with Gasteiger partial charge in [0.2, 0.25) is 0 Å². The van der Waals surface area contributed by atoms with E-state index in [0.717, 1.165) is 0 Å². The molecule has 0 aromatic carbocycles. The molecule has 0 heterocycles. The number of nitrogens with two attached hydrogens (primary N) is 1. The van der Waals surface area contributed by atoms with Crippen LogP contribution in [0.4, 0.5) is 13.2 Å². The van der Waals surface area contributed by atoms with Gasteiger partial charge in [-0.1, -0.05) is 0 Å². The molecule has 0 saturated carbocycles. The van der Waals surface area contributed by atoms with Gasteiger partial charge >= 0.3 is 6.18 Å². The highest BCUT2D eigenvalue weighted by atomic mass is 19.4. The van der Waals surface area contributed by atoms with Gasteiger partial charge in [0.1, 0.15) is 6.04 Å². The summed E-state index contributed by atoms with van der Waals surface area (Å²) in [6, 6.07) is -1.89. The molecule has 0 rings (SSSR count). The zero-order valence-electron chi connectivity index (χ0n) is 7.40. The monoisotopic (exact) mass is 185 g/mol. The highest BCUT2D eigenvalue weighted by Crippen LogP contribution is 2.20. The molecule has 0 spiro atoms. The van der Waals surface area contributed by atoms with Gasteiger partial charge in [0.25, 0.3) is 0 Å². The van der Waals surface area contributed by atoms with Crippen molar-refractivity contribution < 1.29 is 17.9 Å². The van der Waals surface area contributed by atoms with Gasteiger partial charge in [-0.2, -0.15) is 13.2 Å². The summed E-state index contributed by atoms with van der Waals surface area (Å²) in [4.78, 5) is 0. The Bertz CT molecular complexity index is 139. The van der Waals surface area contributed by atoms with E-state index in [4.69, 9.17) is 10.5 Å². The van der Waals surface area contributed by atoms with Crippen molar-refractivity contribution in [3.05, 3.63) is 0 Å². The van der Waals surface area contributed by atoms with Crippen LogP contribution in [0.3, 0.4) is 0 Å². The average molecular weight is 185 g/mol. The molecule has 0 unspecified atom stereocenters. The van der Waals surface area contributed by atoms with Crippen molar-refractivity contribution in [2.24, 2.45) is 5.73 Å². The van der Waals surface area contributed by atoms with E-state index in [0.29, 0.717) is 0 Å². The van der Waals surface area contributed by atoms with Crippen LogP contribution < -0.4 is 5.73 Å². The summed E-state index contributed by atoms with van der Waals surface area (Å²) in [5.41, 5.74) is 4.23. The minimum Gasteiger partial charge on any atom is -0.374 e. The summed E-state index contributed by atoms with van der Waals surface area (Å²) in [6.45, 7) is 4.54. The molecule has 0 bridgehead atoms. The van der Waals surface area contributed by atoms with Crippen molar-refractivity contribution in [2.75, 3.05) is 6.61 Å². The standard InChI is InChI=1S/C7H14F3NO/c1-6(2,3)12-4-5(11)7(8,9)10/h5H,4,11H2,1-3H3/t5-/m0/s1. The van der Waals surface area contributed by atoms with Crippen LogP contribution in [0.2, 0.25) is 0 Å². The third-order valence-corrected chi connectivity index (χ3v) is 1.12. The highest BCUT2D eigenvalue weighted by Gasteiger charge is 2.37. The average Bonchev–Trinajstić information content (AvgIpc) is 1.78. The molecule has 12 heavy (non-hydrogen) atoms. The van der Waals surface area contributed by atoms with E-state index >= 15 is 0 Å². The third kappa shape index (κ3) is 5.37. The van der Waals surface area contributed by atoms with Crippen LogP contribution >= 0.6 is 0 Å². The zero-order chi connectivity index (χ0) is 9.99. The fourth-order valence-corrected chi connectivity index (χ4v) is 0.434. The van der Waals surface area contributed by atoms with Crippen LogP contribution in [-0.4, -0.2) is 24.4 Å². The molecule has 0 saturated heterocycles. The van der Waals surface area contributed by atoms with Gasteiger partial charge in [0, 0.05) is 0 Å². The molecule has 1 atom stereocenters. The maximum atomic E-state index is 11.8. The van der Waals surface area contributed by atoms with Gasteiger partial charge in [-0.25, -0.2) is 0 Å². The maximum absolute atomic E-state index is 11.8. The molecule has 74 valence electrons. The lowest BCUT2D eigenvalue weighted by atomic mass is 10.2. The summed E-state index contributed by atoms with van der Waals surface area (Å²) in [6.07, 6.45) is -4.37. The number of alkyl halides is 3. The van der Waals surface area contributed by atoms with E-state index in [9.17, 15) is 13.2 Å². The molecule has 0 aliphatic carbocycles. The first-order chi connectivity index (χ1) is 5.13. The largest absolute Gasteiger partial charge is 0.405 e. The van der Waals surface area contributed by atoms with Crippen molar-refractivity contribution in [3.8, 4) is 0 Å². The SMILES string of the molecule is CC(C)(C)OC[C@H](N)C(F)(F)F. The van der Waals surface area contributed by atoms with Crippen LogP contribution in [0, 0.1) is 0 Å². The third-order valence-electron chi connectivity index (χ3n) is 1.12. The minimum absolute atomic E-state index is 0.493. The topological polar surface area (TPSA) is 35.2 Å². The molecule has 0 amide bonds. The second-order valence-corrected chi connectivity index (χ2v) is 3.57. The quantitative estimate of drug-likeness (QED) is 0.710. The molecule has 5 heteroatoms. The van der Waals surface area contributed by atoms with Gasteiger partial charge < -0.3 is 10.5 Å². The van der Waals surface area contributed by atoms with Gasteiger partial charge in [0.15, 0.2) is 0 Å². The molecular weight excluding hydrogens is 171 g/mol. The van der Waals surface area contributed by atoms with Crippen LogP contribution in [-0.2, 0) is 4.74 Å². The first-order valence-electron chi connectivity index (χ1n) is 3.59. The Labute approximate surface area is 69.9 Å². The van der Waals surface area contributed by atoms with Crippen molar-refractivity contribution >= 4 is 0 Å². The molecule has 0 aromatic rings. The minimum atomic E-state index is -4.37. The Morgan fingerprint density at radius 1 is 1.25 bits per heavy atom. The lowest BCUT2D eigenvalue weighted by Gasteiger charge is -2.23. The fourth-order valence-electron chi connectivity index (χ4n) is 0.434. The second kappa shape index (κ2) is 3.62. The molecule has 0 fully saturated rings. The maximum Gasteiger partial charge on any atom is 0.405 e. The number of halogens is 3. The van der Waals surface area contributed by atoms with Crippen molar-refractivity contribution in [1.82, 2.24) is 0 Å². The molecule has 2 N–H and O–H groups in total. The smallest absolute Gasteiger partial charge is 0.374 e. The highest BCUT2D eigenvalue weighted by molar-refractivity contribution is 4.71. The zero-order valence-corrected chi connectivity index (χ0v) is 7.40. The Morgan fingerprint density at radius 2 is 1.67 bits per heavy atom. The molecule has 2 nitrogen and oxygen atoms in total. The lowest BCUT2D eigenvalue weighted by molar-refractivity contribution is -0.167. The predicted molar refractivity (Wildman–Crippen MR) is 39.7 cm³/mol. The van der Waals surface area contributed by atoms with E-state index in [1.807, 2.05) is 0 Å². The summed E-state index contributed by atoms with van der Waals surface area (Å²) in [5.74, 6) is 0. The number of ether oxygens (including phenoxy) is 1. The Kier molecular flexibility index (Phi) is 3.53. The molecular formula is C7H14F3NO. The van der Waals surface area contributed by atoms with Crippen LogP contribution in [0.15, 0.2) is 0 Å². The number of hydrogen-bond acceptors (Lipinski definition) is 2. The van der Waals surface area contributed by atoms with Crippen LogP contribution in [0.5, 0.6) is 0 Å².